The van der Waals surface area contributed by atoms with Crippen LogP contribution in [0.5, 0.6) is 0 Å². The van der Waals surface area contributed by atoms with E-state index in [0.29, 0.717) is 13.2 Å². The minimum absolute atomic E-state index is 0.00222. The van der Waals surface area contributed by atoms with Gasteiger partial charge in [-0.3, -0.25) is 0 Å². The third-order valence-electron chi connectivity index (χ3n) is 1.58. The average molecular weight is 197 g/mol. The molecule has 0 bridgehead atoms. The summed E-state index contributed by atoms with van der Waals surface area (Å²) in [6.07, 6.45) is 0. The topological polar surface area (TPSA) is 18.5 Å². The van der Waals surface area contributed by atoms with Gasteiger partial charge < -0.3 is 8.85 Å². The van der Waals surface area contributed by atoms with Gasteiger partial charge in [-0.2, -0.15) is 0 Å². The van der Waals surface area contributed by atoms with E-state index in [9.17, 15) is 0 Å². The molecule has 0 rings (SSSR count). The van der Waals surface area contributed by atoms with E-state index in [1.807, 2.05) is 27.3 Å². The lowest BCUT2D eigenvalue weighted by molar-refractivity contribution is 0.188. The first-order chi connectivity index (χ1) is 5.06. The molecule has 0 aliphatic rings. The van der Waals surface area contributed by atoms with Gasteiger partial charge in [0, 0.05) is 13.2 Å². The maximum Gasteiger partial charge on any atom is 0.353 e. The average Bonchev–Trinajstić information content (AvgIpc) is 1.88. The van der Waals surface area contributed by atoms with E-state index in [1.54, 1.807) is 0 Å². The summed E-state index contributed by atoms with van der Waals surface area (Å²) >= 11 is 5.95. The summed E-state index contributed by atoms with van der Waals surface area (Å²) in [6, 6.07) is 0. The number of hydrogen-bond donors (Lipinski definition) is 0. The van der Waals surface area contributed by atoms with Crippen molar-refractivity contribution in [2.75, 3.05) is 13.2 Å². The zero-order chi connectivity index (χ0) is 8.91. The fraction of sp³-hybridized carbons (Fsp3) is 1.00. The molecular weight excluding hydrogens is 180 g/mol. The molecule has 0 aromatic carbocycles. The SMILES string of the molecule is CCO[Si](C)(OCC)C(C)Cl. The number of hydrogen-bond acceptors (Lipinski definition) is 2. The molecule has 0 aromatic rings. The van der Waals surface area contributed by atoms with E-state index in [0.717, 1.165) is 0 Å². The fourth-order valence-corrected chi connectivity index (χ4v) is 2.91. The summed E-state index contributed by atoms with van der Waals surface area (Å²) < 4.78 is 11.0. The standard InChI is InChI=1S/C7H17ClO2Si/c1-5-9-11(4,7(3)8)10-6-2/h7H,5-6H2,1-4H3. The fourth-order valence-electron chi connectivity index (χ4n) is 0.845. The molecule has 0 aliphatic carbocycles. The zero-order valence-electron chi connectivity index (χ0n) is 7.69. The summed E-state index contributed by atoms with van der Waals surface area (Å²) in [7, 11) is -2.06. The van der Waals surface area contributed by atoms with Crippen LogP contribution in [0.1, 0.15) is 20.8 Å². The molecule has 68 valence electrons. The van der Waals surface area contributed by atoms with E-state index < -0.39 is 8.56 Å². The predicted octanol–water partition coefficient (Wildman–Crippen LogP) is 2.30. The van der Waals surface area contributed by atoms with Crippen LogP contribution in [0.15, 0.2) is 0 Å². The first kappa shape index (κ1) is 11.4. The quantitative estimate of drug-likeness (QED) is 0.496. The molecular formula is C7H17ClO2Si. The van der Waals surface area contributed by atoms with Crippen molar-refractivity contribution in [3.05, 3.63) is 0 Å². The van der Waals surface area contributed by atoms with E-state index in [2.05, 4.69) is 0 Å². The van der Waals surface area contributed by atoms with Gasteiger partial charge in [0.2, 0.25) is 0 Å². The summed E-state index contributed by atoms with van der Waals surface area (Å²) in [5.41, 5.74) is 0. The maximum atomic E-state index is 5.95. The van der Waals surface area contributed by atoms with Crippen LogP contribution < -0.4 is 0 Å². The van der Waals surface area contributed by atoms with Gasteiger partial charge in [0.25, 0.3) is 0 Å². The highest BCUT2D eigenvalue weighted by Crippen LogP contribution is 2.16. The molecule has 0 N–H and O–H groups in total. The molecule has 0 saturated heterocycles. The third kappa shape index (κ3) is 3.56. The van der Waals surface area contributed by atoms with Crippen molar-refractivity contribution in [3.63, 3.8) is 0 Å². The normalized spacial score (nSPS) is 15.0. The molecule has 0 saturated carbocycles. The minimum atomic E-state index is -2.06. The molecule has 0 radical (unpaired) electrons. The lowest BCUT2D eigenvalue weighted by Crippen LogP contribution is -2.46. The van der Waals surface area contributed by atoms with Crippen LogP contribution in [0.3, 0.4) is 0 Å². The summed E-state index contributed by atoms with van der Waals surface area (Å²) in [5, 5.41) is 0.00222. The maximum absolute atomic E-state index is 5.95. The van der Waals surface area contributed by atoms with Crippen LogP contribution in [0.2, 0.25) is 6.55 Å². The number of alkyl halides is 1. The lowest BCUT2D eigenvalue weighted by Gasteiger charge is -2.27. The van der Waals surface area contributed by atoms with Gasteiger partial charge in [0.1, 0.15) is 0 Å². The molecule has 0 aliphatic heterocycles. The minimum Gasteiger partial charge on any atom is -0.394 e. The van der Waals surface area contributed by atoms with Crippen molar-refractivity contribution in [2.45, 2.75) is 32.3 Å². The molecule has 0 aromatic heterocycles. The Morgan fingerprint density at radius 1 is 1.27 bits per heavy atom. The highest BCUT2D eigenvalue weighted by molar-refractivity contribution is 6.75. The van der Waals surface area contributed by atoms with Crippen LogP contribution in [0.4, 0.5) is 0 Å². The van der Waals surface area contributed by atoms with Crippen molar-refractivity contribution >= 4 is 20.2 Å². The highest BCUT2D eigenvalue weighted by Gasteiger charge is 2.36. The Kier molecular flexibility index (Phi) is 5.34. The van der Waals surface area contributed by atoms with Crippen molar-refractivity contribution in [1.29, 1.82) is 0 Å². The first-order valence-corrected chi connectivity index (χ1v) is 6.81. The molecule has 2 nitrogen and oxygen atoms in total. The third-order valence-corrected chi connectivity index (χ3v) is 5.94. The molecule has 11 heavy (non-hydrogen) atoms. The molecule has 1 unspecified atom stereocenters. The molecule has 0 spiro atoms. The smallest absolute Gasteiger partial charge is 0.353 e. The Balaban J connectivity index is 4.01. The van der Waals surface area contributed by atoms with Gasteiger partial charge in [-0.1, -0.05) is 0 Å². The van der Waals surface area contributed by atoms with Crippen molar-refractivity contribution in [2.24, 2.45) is 0 Å². The van der Waals surface area contributed by atoms with Gasteiger partial charge in [-0.25, -0.2) is 0 Å². The van der Waals surface area contributed by atoms with Gasteiger partial charge in [0.15, 0.2) is 0 Å². The van der Waals surface area contributed by atoms with E-state index in [1.165, 1.54) is 0 Å². The van der Waals surface area contributed by atoms with Crippen LogP contribution in [0, 0.1) is 0 Å². The van der Waals surface area contributed by atoms with Crippen LogP contribution >= 0.6 is 11.6 Å². The van der Waals surface area contributed by atoms with Crippen LogP contribution in [-0.4, -0.2) is 26.8 Å². The largest absolute Gasteiger partial charge is 0.394 e. The predicted molar refractivity (Wildman–Crippen MR) is 50.2 cm³/mol. The molecule has 0 amide bonds. The summed E-state index contributed by atoms with van der Waals surface area (Å²) in [5.74, 6) is 0. The van der Waals surface area contributed by atoms with Crippen molar-refractivity contribution < 1.29 is 8.85 Å². The molecule has 0 heterocycles. The Bertz CT molecular complexity index is 103. The van der Waals surface area contributed by atoms with Crippen molar-refractivity contribution in [3.8, 4) is 0 Å². The highest BCUT2D eigenvalue weighted by atomic mass is 35.5. The first-order valence-electron chi connectivity index (χ1n) is 3.98. The second-order valence-electron chi connectivity index (χ2n) is 2.50. The van der Waals surface area contributed by atoms with Gasteiger partial charge in [0.05, 0.1) is 5.00 Å². The Labute approximate surface area is 75.1 Å². The second-order valence-corrected chi connectivity index (χ2v) is 6.99. The van der Waals surface area contributed by atoms with E-state index in [-0.39, 0.29) is 5.00 Å². The van der Waals surface area contributed by atoms with E-state index >= 15 is 0 Å². The second kappa shape index (κ2) is 5.14. The Morgan fingerprint density at radius 2 is 1.64 bits per heavy atom. The van der Waals surface area contributed by atoms with Crippen LogP contribution in [0.25, 0.3) is 0 Å². The van der Waals surface area contributed by atoms with Crippen LogP contribution in [-0.2, 0) is 8.85 Å². The zero-order valence-corrected chi connectivity index (χ0v) is 9.44. The monoisotopic (exact) mass is 196 g/mol. The van der Waals surface area contributed by atoms with Gasteiger partial charge >= 0.3 is 8.56 Å². The molecule has 0 fully saturated rings. The van der Waals surface area contributed by atoms with Gasteiger partial charge in [-0.05, 0) is 27.3 Å². The number of rotatable bonds is 5. The number of halogens is 1. The molecule has 4 heteroatoms. The van der Waals surface area contributed by atoms with Gasteiger partial charge in [-0.15, -0.1) is 11.6 Å². The Morgan fingerprint density at radius 3 is 1.82 bits per heavy atom. The van der Waals surface area contributed by atoms with E-state index in [4.69, 9.17) is 20.5 Å². The Hall–Kier alpha value is 0.427. The van der Waals surface area contributed by atoms with Crippen molar-refractivity contribution in [1.82, 2.24) is 0 Å². The molecule has 1 atom stereocenters. The lowest BCUT2D eigenvalue weighted by atomic mass is 10.9. The summed E-state index contributed by atoms with van der Waals surface area (Å²) in [6.45, 7) is 9.21. The summed E-state index contributed by atoms with van der Waals surface area (Å²) in [4.78, 5) is 0.